The fraction of sp³-hybridized carbons (Fsp3) is 0.421. The van der Waals surface area contributed by atoms with Crippen LogP contribution in [-0.4, -0.2) is 29.5 Å². The number of ether oxygens (including phenoxy) is 1. The fourth-order valence-electron chi connectivity index (χ4n) is 2.05. The van der Waals surface area contributed by atoms with Crippen LogP contribution in [0.25, 0.3) is 0 Å². The molecule has 0 aliphatic rings. The summed E-state index contributed by atoms with van der Waals surface area (Å²) in [5.41, 5.74) is 2.34. The van der Waals surface area contributed by atoms with E-state index in [1.807, 2.05) is 45.2 Å². The number of aromatic nitrogens is 1. The predicted octanol–water partition coefficient (Wildman–Crippen LogP) is 4.06. The van der Waals surface area contributed by atoms with Crippen molar-refractivity contribution < 1.29 is 14.3 Å². The Bertz CT molecular complexity index is 759. The molecule has 2 rings (SSSR count). The molecule has 0 bridgehead atoms. The van der Waals surface area contributed by atoms with E-state index in [-0.39, 0.29) is 18.6 Å². The van der Waals surface area contributed by atoms with Crippen LogP contribution in [0.15, 0.2) is 34.0 Å². The Morgan fingerprint density at radius 1 is 1.27 bits per heavy atom. The third-order valence-electron chi connectivity index (χ3n) is 3.91. The van der Waals surface area contributed by atoms with Crippen LogP contribution < -0.4 is 5.32 Å². The Kier molecular flexibility index (Phi) is 7.66. The van der Waals surface area contributed by atoms with Gasteiger partial charge in [0.05, 0.1) is 5.56 Å². The minimum atomic E-state index is -0.483. The van der Waals surface area contributed by atoms with Gasteiger partial charge in [0.2, 0.25) is 0 Å². The first-order chi connectivity index (χ1) is 12.4. The Morgan fingerprint density at radius 3 is 2.65 bits per heavy atom. The highest BCUT2D eigenvalue weighted by atomic mass is 32.2. The highest BCUT2D eigenvalue weighted by Gasteiger charge is 2.16. The molecule has 0 saturated heterocycles. The van der Waals surface area contributed by atoms with Crippen molar-refractivity contribution in [2.24, 2.45) is 5.92 Å². The molecular formula is C19H24N2O3S2. The average molecular weight is 393 g/mol. The first-order valence-electron chi connectivity index (χ1n) is 8.46. The molecule has 2 aromatic rings. The summed E-state index contributed by atoms with van der Waals surface area (Å²) in [6.07, 6.45) is 0. The van der Waals surface area contributed by atoms with Gasteiger partial charge in [0, 0.05) is 22.9 Å². The van der Waals surface area contributed by atoms with E-state index in [4.69, 9.17) is 4.74 Å². The minimum absolute atomic E-state index is 0.0339. The van der Waals surface area contributed by atoms with Crippen LogP contribution in [0.5, 0.6) is 0 Å². The molecule has 1 N–H and O–H groups in total. The van der Waals surface area contributed by atoms with E-state index in [2.05, 4.69) is 10.3 Å². The second-order valence-corrected chi connectivity index (χ2v) is 8.46. The summed E-state index contributed by atoms with van der Waals surface area (Å²) in [4.78, 5) is 28.7. The molecule has 7 heteroatoms. The SMILES string of the molecule is Cc1csc(SCc2ccccc2C(=O)OCC(=O)NC(C)C(C)C)n1. The molecular weight excluding hydrogens is 368 g/mol. The van der Waals surface area contributed by atoms with Gasteiger partial charge in [-0.15, -0.1) is 11.3 Å². The van der Waals surface area contributed by atoms with Crippen molar-refractivity contribution in [1.29, 1.82) is 0 Å². The number of thiazole rings is 1. The molecule has 0 aliphatic carbocycles. The number of carbonyl (C=O) groups is 2. The van der Waals surface area contributed by atoms with Crippen LogP contribution in [0.3, 0.4) is 0 Å². The van der Waals surface area contributed by atoms with Gasteiger partial charge in [-0.2, -0.15) is 0 Å². The zero-order chi connectivity index (χ0) is 19.1. The van der Waals surface area contributed by atoms with E-state index in [9.17, 15) is 9.59 Å². The molecule has 1 heterocycles. The van der Waals surface area contributed by atoms with Crippen molar-refractivity contribution in [2.75, 3.05) is 6.61 Å². The van der Waals surface area contributed by atoms with E-state index >= 15 is 0 Å². The number of nitrogens with one attached hydrogen (secondary N) is 1. The topological polar surface area (TPSA) is 68.3 Å². The molecule has 1 aromatic carbocycles. The largest absolute Gasteiger partial charge is 0.452 e. The molecule has 1 amide bonds. The summed E-state index contributed by atoms with van der Waals surface area (Å²) in [7, 11) is 0. The maximum atomic E-state index is 12.4. The first-order valence-corrected chi connectivity index (χ1v) is 10.3. The molecule has 0 aliphatic heterocycles. The number of aryl methyl sites for hydroxylation is 1. The van der Waals surface area contributed by atoms with Crippen molar-refractivity contribution in [3.63, 3.8) is 0 Å². The predicted molar refractivity (Wildman–Crippen MR) is 106 cm³/mol. The molecule has 0 fully saturated rings. The van der Waals surface area contributed by atoms with E-state index in [0.717, 1.165) is 15.6 Å². The lowest BCUT2D eigenvalue weighted by molar-refractivity contribution is -0.125. The van der Waals surface area contributed by atoms with Crippen LogP contribution in [0.2, 0.25) is 0 Å². The van der Waals surface area contributed by atoms with Gasteiger partial charge in [-0.1, -0.05) is 43.8 Å². The molecule has 1 atom stereocenters. The van der Waals surface area contributed by atoms with Gasteiger partial charge in [0.15, 0.2) is 6.61 Å². The summed E-state index contributed by atoms with van der Waals surface area (Å²) in [6.45, 7) is 7.65. The zero-order valence-corrected chi connectivity index (χ0v) is 17.1. The smallest absolute Gasteiger partial charge is 0.338 e. The van der Waals surface area contributed by atoms with Crippen LogP contribution in [-0.2, 0) is 15.3 Å². The third kappa shape index (κ3) is 6.14. The minimum Gasteiger partial charge on any atom is -0.452 e. The Hall–Kier alpha value is -1.86. The van der Waals surface area contributed by atoms with Gasteiger partial charge in [-0.25, -0.2) is 9.78 Å². The molecule has 5 nitrogen and oxygen atoms in total. The van der Waals surface area contributed by atoms with Gasteiger partial charge in [0.1, 0.15) is 4.34 Å². The van der Waals surface area contributed by atoms with Crippen LogP contribution in [0.4, 0.5) is 0 Å². The molecule has 26 heavy (non-hydrogen) atoms. The molecule has 0 radical (unpaired) electrons. The van der Waals surface area contributed by atoms with Crippen molar-refractivity contribution in [3.8, 4) is 0 Å². The van der Waals surface area contributed by atoms with Crippen molar-refractivity contribution in [3.05, 3.63) is 46.5 Å². The highest BCUT2D eigenvalue weighted by molar-refractivity contribution is 8.00. The van der Waals surface area contributed by atoms with Gasteiger partial charge in [-0.3, -0.25) is 4.79 Å². The van der Waals surface area contributed by atoms with Crippen LogP contribution in [0.1, 0.15) is 42.4 Å². The number of nitrogens with zero attached hydrogens (tertiary/aromatic N) is 1. The average Bonchev–Trinajstić information content (AvgIpc) is 3.03. The number of carbonyl (C=O) groups excluding carboxylic acids is 2. The Balaban J connectivity index is 1.93. The Labute approximate surface area is 162 Å². The van der Waals surface area contributed by atoms with Crippen molar-refractivity contribution in [1.82, 2.24) is 10.3 Å². The normalized spacial score (nSPS) is 12.0. The highest BCUT2D eigenvalue weighted by Crippen LogP contribution is 2.27. The lowest BCUT2D eigenvalue weighted by Gasteiger charge is -2.17. The third-order valence-corrected chi connectivity index (χ3v) is 6.10. The summed E-state index contributed by atoms with van der Waals surface area (Å²) >= 11 is 3.17. The number of benzene rings is 1. The van der Waals surface area contributed by atoms with Crippen LogP contribution in [0, 0.1) is 12.8 Å². The van der Waals surface area contributed by atoms with E-state index in [1.165, 1.54) is 0 Å². The second-order valence-electron chi connectivity index (χ2n) is 6.38. The number of amides is 1. The standard InChI is InChI=1S/C19H24N2O3S2/c1-12(2)14(4)21-17(22)9-24-18(23)16-8-6-5-7-15(16)11-26-19-20-13(3)10-25-19/h5-8,10,12,14H,9,11H2,1-4H3,(H,21,22). The molecule has 1 unspecified atom stereocenters. The lowest BCUT2D eigenvalue weighted by atomic mass is 10.1. The number of thioether (sulfide) groups is 1. The fourth-order valence-corrected chi connectivity index (χ4v) is 3.91. The Morgan fingerprint density at radius 2 is 2.00 bits per heavy atom. The van der Waals surface area contributed by atoms with E-state index < -0.39 is 5.97 Å². The summed E-state index contributed by atoms with van der Waals surface area (Å²) in [6, 6.07) is 7.33. The number of hydrogen-bond donors (Lipinski definition) is 1. The van der Waals surface area contributed by atoms with E-state index in [1.54, 1.807) is 35.2 Å². The van der Waals surface area contributed by atoms with Gasteiger partial charge < -0.3 is 10.1 Å². The van der Waals surface area contributed by atoms with Crippen LogP contribution >= 0.6 is 23.1 Å². The zero-order valence-electron chi connectivity index (χ0n) is 15.4. The van der Waals surface area contributed by atoms with Gasteiger partial charge in [-0.05, 0) is 31.4 Å². The molecule has 0 spiro atoms. The summed E-state index contributed by atoms with van der Waals surface area (Å²) in [5.74, 6) is 0.171. The maximum Gasteiger partial charge on any atom is 0.338 e. The summed E-state index contributed by atoms with van der Waals surface area (Å²) in [5, 5.41) is 4.82. The number of esters is 1. The molecule has 0 saturated carbocycles. The first kappa shape index (κ1) is 20.5. The van der Waals surface area contributed by atoms with Crippen molar-refractivity contribution >= 4 is 35.0 Å². The molecule has 140 valence electrons. The maximum absolute atomic E-state index is 12.4. The number of hydrogen-bond acceptors (Lipinski definition) is 6. The number of rotatable bonds is 8. The molecule has 1 aromatic heterocycles. The monoisotopic (exact) mass is 392 g/mol. The summed E-state index contributed by atoms with van der Waals surface area (Å²) < 4.78 is 6.16. The van der Waals surface area contributed by atoms with Gasteiger partial charge >= 0.3 is 5.97 Å². The quantitative estimate of drug-likeness (QED) is 0.542. The van der Waals surface area contributed by atoms with Gasteiger partial charge in [0.25, 0.3) is 5.91 Å². The van der Waals surface area contributed by atoms with E-state index in [0.29, 0.717) is 17.2 Å². The second kappa shape index (κ2) is 9.73. The van der Waals surface area contributed by atoms with Crippen molar-refractivity contribution in [2.45, 2.75) is 43.8 Å². The lowest BCUT2D eigenvalue weighted by Crippen LogP contribution is -2.38.